The first kappa shape index (κ1) is 32.2. The maximum atomic E-state index is 12.8. The van der Waals surface area contributed by atoms with Gasteiger partial charge in [0, 0.05) is 54.1 Å². The number of ketones is 1. The van der Waals surface area contributed by atoms with E-state index in [-0.39, 0.29) is 42.8 Å². The van der Waals surface area contributed by atoms with E-state index < -0.39 is 6.29 Å². The number of aliphatic hydroxyl groups excluding tert-OH is 1. The van der Waals surface area contributed by atoms with Crippen molar-refractivity contribution in [1.29, 1.82) is 0 Å². The number of nitrogens with zero attached hydrogens (tertiary/aromatic N) is 2. The number of carbonyl (C=O) groups excluding carboxylic acids is 2. The van der Waals surface area contributed by atoms with Crippen LogP contribution in [0.5, 0.6) is 0 Å². The second-order valence-corrected chi connectivity index (χ2v) is 11.8. The SMILES string of the molecule is CC(=O)c1cccc(NC(=O)Cc2ccc(C3OC(CN(C)CCc4ccccn4)C(C)C(c4ccc(CO)cc4)O3)cc2)c1. The highest BCUT2D eigenvalue weighted by Gasteiger charge is 2.38. The summed E-state index contributed by atoms with van der Waals surface area (Å²) in [4.78, 5) is 31.2. The molecule has 1 saturated heterocycles. The summed E-state index contributed by atoms with van der Waals surface area (Å²) in [5, 5.41) is 12.4. The number of carbonyl (C=O) groups is 2. The minimum atomic E-state index is -0.588. The van der Waals surface area contributed by atoms with Gasteiger partial charge in [0.05, 0.1) is 25.2 Å². The number of likely N-dealkylation sites (N-methyl/N-ethyl adjacent to an activating group) is 1. The van der Waals surface area contributed by atoms with Crippen LogP contribution in [0.2, 0.25) is 0 Å². The fourth-order valence-electron chi connectivity index (χ4n) is 5.58. The standard InChI is InChI=1S/C37H41N3O5/c1-25-34(23-40(3)20-18-32-8-4-5-19-38-32)44-37(45-36(25)29-14-12-28(24-41)13-15-29)30-16-10-27(11-17-30)21-35(43)39-33-9-6-7-31(22-33)26(2)42/h4-17,19,22,25,34,36-37,41H,18,20-21,23-24H2,1-3H3,(H,39,43). The molecule has 0 aliphatic carbocycles. The molecule has 2 N–H and O–H groups in total. The Bertz CT molecular complexity index is 1560. The van der Waals surface area contributed by atoms with Crippen molar-refractivity contribution < 1.29 is 24.2 Å². The molecule has 0 spiro atoms. The summed E-state index contributed by atoms with van der Waals surface area (Å²) < 4.78 is 13.2. The van der Waals surface area contributed by atoms with E-state index in [9.17, 15) is 14.7 Å². The van der Waals surface area contributed by atoms with Gasteiger partial charge in [0.2, 0.25) is 5.91 Å². The van der Waals surface area contributed by atoms with Crippen LogP contribution >= 0.6 is 0 Å². The first-order chi connectivity index (χ1) is 21.8. The van der Waals surface area contributed by atoms with Crippen LogP contribution in [0, 0.1) is 5.92 Å². The minimum Gasteiger partial charge on any atom is -0.392 e. The molecule has 1 amide bonds. The number of ether oxygens (including phenoxy) is 2. The Hall–Kier alpha value is -4.21. The van der Waals surface area contributed by atoms with Gasteiger partial charge in [-0.1, -0.05) is 73.7 Å². The third kappa shape index (κ3) is 8.71. The van der Waals surface area contributed by atoms with Gasteiger partial charge in [-0.25, -0.2) is 0 Å². The average Bonchev–Trinajstić information content (AvgIpc) is 3.05. The molecule has 3 aromatic carbocycles. The van der Waals surface area contributed by atoms with Crippen LogP contribution < -0.4 is 5.32 Å². The van der Waals surface area contributed by atoms with Gasteiger partial charge in [0.1, 0.15) is 0 Å². The smallest absolute Gasteiger partial charge is 0.228 e. The summed E-state index contributed by atoms with van der Waals surface area (Å²) in [6.07, 6.45) is 1.97. The second-order valence-electron chi connectivity index (χ2n) is 11.8. The van der Waals surface area contributed by atoms with E-state index >= 15 is 0 Å². The third-order valence-electron chi connectivity index (χ3n) is 8.26. The van der Waals surface area contributed by atoms with Crippen molar-refractivity contribution in [2.75, 3.05) is 25.5 Å². The summed E-state index contributed by atoms with van der Waals surface area (Å²) in [6, 6.07) is 28.6. The maximum Gasteiger partial charge on any atom is 0.228 e. The number of aliphatic hydroxyl groups is 1. The van der Waals surface area contributed by atoms with Crippen molar-refractivity contribution in [3.63, 3.8) is 0 Å². The van der Waals surface area contributed by atoms with Crippen LogP contribution in [0.25, 0.3) is 0 Å². The molecule has 234 valence electrons. The van der Waals surface area contributed by atoms with Crippen LogP contribution in [0.4, 0.5) is 5.69 Å². The van der Waals surface area contributed by atoms with Gasteiger partial charge in [-0.05, 0) is 54.9 Å². The first-order valence-electron chi connectivity index (χ1n) is 15.4. The average molecular weight is 608 g/mol. The van der Waals surface area contributed by atoms with E-state index in [2.05, 4.69) is 29.2 Å². The Morgan fingerprint density at radius 3 is 2.33 bits per heavy atom. The Kier molecular flexibility index (Phi) is 10.9. The first-order valence-corrected chi connectivity index (χ1v) is 15.4. The number of rotatable bonds is 12. The monoisotopic (exact) mass is 607 g/mol. The topological polar surface area (TPSA) is 101 Å². The fourth-order valence-corrected chi connectivity index (χ4v) is 5.58. The Labute approximate surface area is 265 Å². The molecule has 1 fully saturated rings. The van der Waals surface area contributed by atoms with E-state index in [0.717, 1.165) is 47.5 Å². The summed E-state index contributed by atoms with van der Waals surface area (Å²) >= 11 is 0. The van der Waals surface area contributed by atoms with Crippen LogP contribution in [-0.2, 0) is 33.7 Å². The van der Waals surface area contributed by atoms with Crippen molar-refractivity contribution in [1.82, 2.24) is 9.88 Å². The molecule has 0 radical (unpaired) electrons. The van der Waals surface area contributed by atoms with E-state index in [1.165, 1.54) is 6.92 Å². The van der Waals surface area contributed by atoms with Crippen molar-refractivity contribution in [3.05, 3.63) is 131 Å². The number of anilines is 1. The molecule has 0 saturated carbocycles. The lowest BCUT2D eigenvalue weighted by atomic mass is 9.90. The van der Waals surface area contributed by atoms with Gasteiger partial charge >= 0.3 is 0 Å². The summed E-state index contributed by atoms with van der Waals surface area (Å²) in [5.74, 6) is -0.142. The van der Waals surface area contributed by atoms with Gasteiger partial charge in [0.25, 0.3) is 0 Å². The highest BCUT2D eigenvalue weighted by atomic mass is 16.7. The van der Waals surface area contributed by atoms with E-state index in [1.807, 2.05) is 72.9 Å². The van der Waals surface area contributed by atoms with Gasteiger partial charge in [0.15, 0.2) is 12.1 Å². The Morgan fingerprint density at radius 2 is 1.64 bits per heavy atom. The lowest BCUT2D eigenvalue weighted by Gasteiger charge is -2.42. The summed E-state index contributed by atoms with van der Waals surface area (Å²) in [6.45, 7) is 5.23. The van der Waals surface area contributed by atoms with Gasteiger partial charge < -0.3 is 24.8 Å². The molecular weight excluding hydrogens is 566 g/mol. The van der Waals surface area contributed by atoms with Crippen LogP contribution in [0.1, 0.15) is 64.5 Å². The molecule has 5 rings (SSSR count). The molecule has 8 nitrogen and oxygen atoms in total. The molecule has 2 heterocycles. The van der Waals surface area contributed by atoms with Crippen molar-refractivity contribution in [2.45, 2.75) is 51.8 Å². The van der Waals surface area contributed by atoms with Crippen molar-refractivity contribution >= 4 is 17.4 Å². The molecule has 1 aliphatic rings. The largest absolute Gasteiger partial charge is 0.392 e. The van der Waals surface area contributed by atoms with Gasteiger partial charge in [-0.3, -0.25) is 14.6 Å². The van der Waals surface area contributed by atoms with Gasteiger partial charge in [-0.15, -0.1) is 0 Å². The van der Waals surface area contributed by atoms with Crippen LogP contribution in [0.3, 0.4) is 0 Å². The molecule has 1 aliphatic heterocycles. The fraction of sp³-hybridized carbons (Fsp3) is 0.324. The number of Topliss-reactive ketones (excluding diaryl/α,β-unsaturated/α-hetero) is 1. The van der Waals surface area contributed by atoms with Crippen molar-refractivity contribution in [3.8, 4) is 0 Å². The zero-order valence-electron chi connectivity index (χ0n) is 26.1. The zero-order chi connectivity index (χ0) is 31.8. The molecule has 1 aromatic heterocycles. The highest BCUT2D eigenvalue weighted by molar-refractivity contribution is 5.97. The molecule has 8 heteroatoms. The van der Waals surface area contributed by atoms with E-state index in [1.54, 1.807) is 24.3 Å². The van der Waals surface area contributed by atoms with Crippen molar-refractivity contribution in [2.24, 2.45) is 5.92 Å². The molecule has 4 aromatic rings. The third-order valence-corrected chi connectivity index (χ3v) is 8.26. The number of nitrogens with one attached hydrogen (secondary N) is 1. The summed E-state index contributed by atoms with van der Waals surface area (Å²) in [7, 11) is 2.10. The highest BCUT2D eigenvalue weighted by Crippen LogP contribution is 2.41. The molecular formula is C37H41N3O5. The lowest BCUT2D eigenvalue weighted by Crippen LogP contribution is -2.43. The van der Waals surface area contributed by atoms with E-state index in [0.29, 0.717) is 11.3 Å². The van der Waals surface area contributed by atoms with E-state index in [4.69, 9.17) is 9.47 Å². The maximum absolute atomic E-state index is 12.8. The van der Waals surface area contributed by atoms with Gasteiger partial charge in [-0.2, -0.15) is 0 Å². The van der Waals surface area contributed by atoms with Crippen LogP contribution in [0.15, 0.2) is 97.2 Å². The quantitative estimate of drug-likeness (QED) is 0.193. The molecule has 45 heavy (non-hydrogen) atoms. The number of hydrogen-bond acceptors (Lipinski definition) is 7. The number of aromatic nitrogens is 1. The number of pyridine rings is 1. The number of benzene rings is 3. The Morgan fingerprint density at radius 1 is 0.911 bits per heavy atom. The normalized spacial score (nSPS) is 19.8. The number of amides is 1. The lowest BCUT2D eigenvalue weighted by molar-refractivity contribution is -0.275. The molecule has 4 atom stereocenters. The second kappa shape index (κ2) is 15.2. The number of hydrogen-bond donors (Lipinski definition) is 2. The minimum absolute atomic E-state index is 0.00798. The van der Waals surface area contributed by atoms with Crippen LogP contribution in [-0.4, -0.2) is 52.9 Å². The summed E-state index contributed by atoms with van der Waals surface area (Å²) in [5.41, 5.74) is 5.82. The zero-order valence-corrected chi connectivity index (χ0v) is 26.1. The molecule has 0 bridgehead atoms. The molecule has 4 unspecified atom stereocenters. The Balaban J connectivity index is 1.28. The predicted octanol–water partition coefficient (Wildman–Crippen LogP) is 5.92. The predicted molar refractivity (Wildman–Crippen MR) is 174 cm³/mol.